The summed E-state index contributed by atoms with van der Waals surface area (Å²) in [6.45, 7) is 1.76. The van der Waals surface area contributed by atoms with Gasteiger partial charge in [0.05, 0.1) is 7.11 Å². The third-order valence-corrected chi connectivity index (χ3v) is 4.10. The van der Waals surface area contributed by atoms with Crippen LogP contribution in [-0.4, -0.2) is 42.3 Å². The Bertz CT molecular complexity index is 659. The van der Waals surface area contributed by atoms with Crippen molar-refractivity contribution in [1.82, 2.24) is 15.5 Å². The molecule has 2 aromatic heterocycles. The second-order valence-electron chi connectivity index (χ2n) is 5.88. The molecule has 2 aromatic rings. The largest absolute Gasteiger partial charge is 0.479 e. The number of anilines is 1. The first-order valence-electron chi connectivity index (χ1n) is 8.19. The Morgan fingerprint density at radius 3 is 3.17 bits per heavy atom. The molecule has 3 rings (SSSR count). The number of methoxy groups -OCH3 is 1. The van der Waals surface area contributed by atoms with Gasteiger partial charge in [-0.05, 0) is 30.1 Å². The molecule has 7 heteroatoms. The number of pyridine rings is 1. The molecule has 1 atom stereocenters. The summed E-state index contributed by atoms with van der Waals surface area (Å²) in [7, 11) is 1.53. The van der Waals surface area contributed by atoms with Crippen LogP contribution in [-0.2, 0) is 11.2 Å². The van der Waals surface area contributed by atoms with Gasteiger partial charge in [-0.1, -0.05) is 6.07 Å². The highest BCUT2D eigenvalue weighted by atomic mass is 16.5. The molecule has 1 fully saturated rings. The Balaban J connectivity index is 1.47. The van der Waals surface area contributed by atoms with Crippen LogP contribution >= 0.6 is 0 Å². The standard InChI is InChI=1S/C17H22N4O3/c1-23-17-11-14(24-20-17)7-8-16(22)19-13-5-4-10-21(12-13)15-6-2-3-9-18-15/h2-3,6,9,11,13H,4-5,7-8,10,12H2,1H3,(H,19,22). The molecular weight excluding hydrogens is 308 g/mol. The van der Waals surface area contributed by atoms with Crippen molar-refractivity contribution in [2.75, 3.05) is 25.1 Å². The molecule has 0 aliphatic carbocycles. The van der Waals surface area contributed by atoms with E-state index in [0.29, 0.717) is 24.5 Å². The molecule has 3 heterocycles. The summed E-state index contributed by atoms with van der Waals surface area (Å²) in [5, 5.41) is 6.84. The van der Waals surface area contributed by atoms with Crippen molar-refractivity contribution in [3.8, 4) is 5.88 Å². The van der Waals surface area contributed by atoms with Gasteiger partial charge in [-0.2, -0.15) is 0 Å². The van der Waals surface area contributed by atoms with E-state index in [-0.39, 0.29) is 11.9 Å². The third kappa shape index (κ3) is 4.24. The number of rotatable bonds is 6. The summed E-state index contributed by atoms with van der Waals surface area (Å²) >= 11 is 0. The average molecular weight is 330 g/mol. The fourth-order valence-electron chi connectivity index (χ4n) is 2.89. The zero-order valence-electron chi connectivity index (χ0n) is 13.8. The summed E-state index contributed by atoms with van der Waals surface area (Å²) in [6, 6.07) is 7.75. The molecule has 1 aliphatic heterocycles. The lowest BCUT2D eigenvalue weighted by Crippen LogP contribution is -2.48. The lowest BCUT2D eigenvalue weighted by Gasteiger charge is -2.34. The SMILES string of the molecule is COc1cc(CCC(=O)NC2CCCN(c3ccccn3)C2)on1. The number of ether oxygens (including phenoxy) is 1. The van der Waals surface area contributed by atoms with E-state index in [1.165, 1.54) is 7.11 Å². The topological polar surface area (TPSA) is 80.5 Å². The molecule has 1 amide bonds. The lowest BCUT2D eigenvalue weighted by molar-refractivity contribution is -0.121. The highest BCUT2D eigenvalue weighted by molar-refractivity contribution is 5.76. The monoisotopic (exact) mass is 330 g/mol. The number of nitrogens with one attached hydrogen (secondary N) is 1. The van der Waals surface area contributed by atoms with Crippen LogP contribution in [0.5, 0.6) is 5.88 Å². The van der Waals surface area contributed by atoms with Gasteiger partial charge in [0.1, 0.15) is 11.6 Å². The van der Waals surface area contributed by atoms with Crippen molar-refractivity contribution in [3.05, 3.63) is 36.2 Å². The van der Waals surface area contributed by atoms with Gasteiger partial charge in [-0.25, -0.2) is 4.98 Å². The molecule has 0 radical (unpaired) electrons. The smallest absolute Gasteiger partial charge is 0.254 e. The van der Waals surface area contributed by atoms with E-state index in [4.69, 9.17) is 9.26 Å². The third-order valence-electron chi connectivity index (χ3n) is 4.10. The van der Waals surface area contributed by atoms with Gasteiger partial charge in [0.2, 0.25) is 5.91 Å². The number of hydrogen-bond acceptors (Lipinski definition) is 6. The van der Waals surface area contributed by atoms with Crippen LogP contribution in [0.3, 0.4) is 0 Å². The van der Waals surface area contributed by atoms with Crippen LogP contribution in [0.25, 0.3) is 0 Å². The molecule has 7 nitrogen and oxygen atoms in total. The van der Waals surface area contributed by atoms with E-state index in [1.54, 1.807) is 12.3 Å². The first-order chi connectivity index (χ1) is 11.7. The second-order valence-corrected chi connectivity index (χ2v) is 5.88. The van der Waals surface area contributed by atoms with Crippen LogP contribution in [0.15, 0.2) is 35.0 Å². The van der Waals surface area contributed by atoms with Crippen molar-refractivity contribution in [1.29, 1.82) is 0 Å². The van der Waals surface area contributed by atoms with Crippen molar-refractivity contribution in [2.45, 2.75) is 31.7 Å². The van der Waals surface area contributed by atoms with Gasteiger partial charge in [-0.3, -0.25) is 4.79 Å². The fraction of sp³-hybridized carbons (Fsp3) is 0.471. The number of aromatic nitrogens is 2. The van der Waals surface area contributed by atoms with E-state index in [9.17, 15) is 4.79 Å². The normalized spacial score (nSPS) is 17.5. The van der Waals surface area contributed by atoms with Crippen LogP contribution in [0, 0.1) is 0 Å². The molecule has 0 aromatic carbocycles. The fourth-order valence-corrected chi connectivity index (χ4v) is 2.89. The predicted octanol–water partition coefficient (Wildman–Crippen LogP) is 1.80. The summed E-state index contributed by atoms with van der Waals surface area (Å²) in [5.41, 5.74) is 0. The molecule has 0 saturated carbocycles. The Hall–Kier alpha value is -2.57. The maximum atomic E-state index is 12.2. The first-order valence-corrected chi connectivity index (χ1v) is 8.19. The van der Waals surface area contributed by atoms with Gasteiger partial charge in [0.25, 0.3) is 5.88 Å². The highest BCUT2D eigenvalue weighted by Crippen LogP contribution is 2.17. The Labute approximate surface area is 141 Å². The zero-order chi connectivity index (χ0) is 16.8. The minimum atomic E-state index is 0.0261. The molecule has 24 heavy (non-hydrogen) atoms. The van der Waals surface area contributed by atoms with Crippen molar-refractivity contribution < 1.29 is 14.1 Å². The van der Waals surface area contributed by atoms with Crippen LogP contribution in [0.4, 0.5) is 5.82 Å². The van der Waals surface area contributed by atoms with Gasteiger partial charge < -0.3 is 19.5 Å². The lowest BCUT2D eigenvalue weighted by atomic mass is 10.1. The summed E-state index contributed by atoms with van der Waals surface area (Å²) in [4.78, 5) is 18.8. The quantitative estimate of drug-likeness (QED) is 0.870. The van der Waals surface area contributed by atoms with E-state index in [0.717, 1.165) is 31.7 Å². The van der Waals surface area contributed by atoms with Crippen LogP contribution < -0.4 is 15.0 Å². The minimum absolute atomic E-state index is 0.0261. The number of piperidine rings is 1. The molecule has 1 saturated heterocycles. The van der Waals surface area contributed by atoms with Gasteiger partial charge >= 0.3 is 0 Å². The van der Waals surface area contributed by atoms with Crippen molar-refractivity contribution >= 4 is 11.7 Å². The molecule has 1 unspecified atom stereocenters. The second kappa shape index (κ2) is 7.81. The first kappa shape index (κ1) is 16.3. The van der Waals surface area contributed by atoms with Crippen molar-refractivity contribution in [2.24, 2.45) is 0 Å². The number of carbonyl (C=O) groups is 1. The molecule has 0 bridgehead atoms. The number of aryl methyl sites for hydroxylation is 1. The number of hydrogen-bond donors (Lipinski definition) is 1. The van der Waals surface area contributed by atoms with Gasteiger partial charge in [0.15, 0.2) is 0 Å². The van der Waals surface area contributed by atoms with Gasteiger partial charge in [-0.15, -0.1) is 0 Å². The summed E-state index contributed by atoms with van der Waals surface area (Å²) in [6.07, 6.45) is 4.71. The molecular formula is C17H22N4O3. The zero-order valence-corrected chi connectivity index (χ0v) is 13.8. The number of amides is 1. The molecule has 128 valence electrons. The number of carbonyl (C=O) groups excluding carboxylic acids is 1. The molecule has 0 spiro atoms. The predicted molar refractivity (Wildman–Crippen MR) is 89.0 cm³/mol. The average Bonchev–Trinajstić information content (AvgIpc) is 3.09. The van der Waals surface area contributed by atoms with E-state index in [1.807, 2.05) is 18.2 Å². The van der Waals surface area contributed by atoms with Crippen molar-refractivity contribution in [3.63, 3.8) is 0 Å². The maximum absolute atomic E-state index is 12.2. The number of nitrogens with zero attached hydrogens (tertiary/aromatic N) is 3. The Kier molecular flexibility index (Phi) is 5.30. The van der Waals surface area contributed by atoms with Crippen LogP contribution in [0.2, 0.25) is 0 Å². The molecule has 1 N–H and O–H groups in total. The highest BCUT2D eigenvalue weighted by Gasteiger charge is 2.22. The van der Waals surface area contributed by atoms with E-state index >= 15 is 0 Å². The van der Waals surface area contributed by atoms with Gasteiger partial charge in [0, 0.05) is 44.2 Å². The maximum Gasteiger partial charge on any atom is 0.254 e. The van der Waals surface area contributed by atoms with E-state index < -0.39 is 0 Å². The minimum Gasteiger partial charge on any atom is -0.479 e. The molecule has 1 aliphatic rings. The summed E-state index contributed by atoms with van der Waals surface area (Å²) < 4.78 is 10.1. The Morgan fingerprint density at radius 2 is 2.42 bits per heavy atom. The summed E-state index contributed by atoms with van der Waals surface area (Å²) in [5.74, 6) is 2.08. The van der Waals surface area contributed by atoms with Crippen LogP contribution in [0.1, 0.15) is 25.0 Å². The Morgan fingerprint density at radius 1 is 1.50 bits per heavy atom. The van der Waals surface area contributed by atoms with E-state index in [2.05, 4.69) is 20.4 Å².